The molecule has 0 radical (unpaired) electrons. The second-order valence-electron chi connectivity index (χ2n) is 8.99. The van der Waals surface area contributed by atoms with Crippen LogP contribution in [-0.2, 0) is 9.47 Å². The maximum atomic E-state index is 15.2. The van der Waals surface area contributed by atoms with E-state index in [-0.39, 0.29) is 46.1 Å². The lowest BCUT2D eigenvalue weighted by molar-refractivity contribution is -0.112. The average Bonchev–Trinajstić information content (AvgIpc) is 3.53. The van der Waals surface area contributed by atoms with E-state index in [1.807, 2.05) is 6.92 Å². The lowest BCUT2D eigenvalue weighted by atomic mass is 9.84. The van der Waals surface area contributed by atoms with Crippen LogP contribution in [0.3, 0.4) is 0 Å². The molecule has 2 unspecified atom stereocenters. The van der Waals surface area contributed by atoms with Crippen molar-refractivity contribution < 1.29 is 28.1 Å². The zero-order valence-corrected chi connectivity index (χ0v) is 19.1. The van der Waals surface area contributed by atoms with E-state index in [1.54, 1.807) is 4.90 Å². The third-order valence-corrected chi connectivity index (χ3v) is 6.57. The number of benzene rings is 1. The number of amides is 1. The van der Waals surface area contributed by atoms with Gasteiger partial charge in [-0.25, -0.2) is 9.64 Å². The van der Waals surface area contributed by atoms with Gasteiger partial charge in [-0.15, -0.1) is 0 Å². The van der Waals surface area contributed by atoms with Gasteiger partial charge in [-0.05, 0) is 31.9 Å². The molecule has 178 valence electrons. The molecule has 3 heterocycles. The van der Waals surface area contributed by atoms with Crippen LogP contribution in [0.15, 0.2) is 24.5 Å². The van der Waals surface area contributed by atoms with Crippen LogP contribution in [-0.4, -0.2) is 59.0 Å². The van der Waals surface area contributed by atoms with Crippen molar-refractivity contribution in [2.24, 2.45) is 11.8 Å². The SMILES string of the molecule is [C-]#[N+]c1ccc(Oc2ncnc(OC3C4COCC3CN(C(=O)OC3(C)CC3)C4)c2F)c(Cl)c1. The molecule has 0 spiro atoms. The van der Waals surface area contributed by atoms with Gasteiger partial charge in [0.05, 0.1) is 24.8 Å². The smallest absolute Gasteiger partial charge is 0.410 e. The summed E-state index contributed by atoms with van der Waals surface area (Å²) in [7, 11) is 0. The highest BCUT2D eigenvalue weighted by Crippen LogP contribution is 2.40. The van der Waals surface area contributed by atoms with Crippen LogP contribution in [0, 0.1) is 24.2 Å². The van der Waals surface area contributed by atoms with Gasteiger partial charge in [0.1, 0.15) is 23.8 Å². The Kier molecular flexibility index (Phi) is 5.91. The Morgan fingerprint density at radius 3 is 2.62 bits per heavy atom. The summed E-state index contributed by atoms with van der Waals surface area (Å²) < 4.78 is 38.0. The van der Waals surface area contributed by atoms with Gasteiger partial charge in [-0.2, -0.15) is 14.4 Å². The minimum Gasteiger partial charge on any atom is -0.471 e. The van der Waals surface area contributed by atoms with E-state index >= 15 is 4.39 Å². The van der Waals surface area contributed by atoms with Crippen molar-refractivity contribution in [1.29, 1.82) is 0 Å². The lowest BCUT2D eigenvalue weighted by Crippen LogP contribution is -2.59. The van der Waals surface area contributed by atoms with Gasteiger partial charge in [0, 0.05) is 24.9 Å². The van der Waals surface area contributed by atoms with Gasteiger partial charge >= 0.3 is 6.09 Å². The van der Waals surface area contributed by atoms with E-state index in [1.165, 1.54) is 18.2 Å². The largest absolute Gasteiger partial charge is 0.471 e. The van der Waals surface area contributed by atoms with Crippen molar-refractivity contribution in [2.45, 2.75) is 31.5 Å². The molecule has 1 aromatic carbocycles. The van der Waals surface area contributed by atoms with Crippen LogP contribution in [0.4, 0.5) is 14.9 Å². The maximum Gasteiger partial charge on any atom is 0.410 e. The molecule has 2 aromatic rings. The zero-order chi connectivity index (χ0) is 23.9. The first kappa shape index (κ1) is 22.6. The molecule has 1 aliphatic carbocycles. The number of carbonyl (C=O) groups excluding carboxylic acids is 1. The Morgan fingerprint density at radius 2 is 1.97 bits per heavy atom. The van der Waals surface area contributed by atoms with Gasteiger partial charge in [-0.3, -0.25) is 0 Å². The first-order chi connectivity index (χ1) is 16.3. The number of halogens is 2. The molecule has 3 fully saturated rings. The number of ether oxygens (including phenoxy) is 4. The standard InChI is InChI=1S/C23H22ClFN4O5/c1-23(5-6-23)34-22(30)29-8-13-10-31-11-14(9-29)19(13)33-21-18(25)20(27-12-28-21)32-17-4-3-15(26-2)7-16(17)24/h3-4,7,12-14,19H,5-6,8-11H2,1H3. The van der Waals surface area contributed by atoms with E-state index in [4.69, 9.17) is 37.1 Å². The summed E-state index contributed by atoms with van der Waals surface area (Å²) in [5.74, 6) is -1.64. The topological polar surface area (TPSA) is 87.4 Å². The maximum absolute atomic E-state index is 15.2. The van der Waals surface area contributed by atoms with E-state index in [2.05, 4.69) is 14.8 Å². The normalized spacial score (nSPS) is 24.6. The second-order valence-corrected chi connectivity index (χ2v) is 9.40. The molecule has 3 aliphatic rings. The van der Waals surface area contributed by atoms with Crippen molar-refractivity contribution in [3.63, 3.8) is 0 Å². The molecule has 2 bridgehead atoms. The molecule has 1 saturated carbocycles. The van der Waals surface area contributed by atoms with Gasteiger partial charge in [0.25, 0.3) is 11.8 Å². The zero-order valence-electron chi connectivity index (χ0n) is 18.4. The summed E-state index contributed by atoms with van der Waals surface area (Å²) >= 11 is 6.13. The third kappa shape index (κ3) is 4.58. The van der Waals surface area contributed by atoms with E-state index < -0.39 is 11.9 Å². The summed E-state index contributed by atoms with van der Waals surface area (Å²) in [6, 6.07) is 4.40. The number of rotatable bonds is 5. The summed E-state index contributed by atoms with van der Waals surface area (Å²) in [4.78, 5) is 25.4. The predicted molar refractivity (Wildman–Crippen MR) is 118 cm³/mol. The van der Waals surface area contributed by atoms with Crippen LogP contribution in [0.25, 0.3) is 4.85 Å². The third-order valence-electron chi connectivity index (χ3n) is 6.27. The van der Waals surface area contributed by atoms with E-state index in [9.17, 15) is 4.79 Å². The Hall–Kier alpha value is -3.16. The molecule has 1 amide bonds. The highest BCUT2D eigenvalue weighted by atomic mass is 35.5. The fourth-order valence-corrected chi connectivity index (χ4v) is 4.37. The fraction of sp³-hybridized carbons (Fsp3) is 0.478. The number of piperidine rings is 1. The Labute approximate surface area is 200 Å². The predicted octanol–water partition coefficient (Wildman–Crippen LogP) is 4.63. The van der Waals surface area contributed by atoms with Gasteiger partial charge < -0.3 is 23.8 Å². The summed E-state index contributed by atoms with van der Waals surface area (Å²) in [5, 5.41) is 0.153. The number of likely N-dealkylation sites (tertiary alicyclic amines) is 1. The number of fused-ring (bicyclic) bond motifs is 2. The summed E-state index contributed by atoms with van der Waals surface area (Å²) in [5.41, 5.74) is -0.0184. The van der Waals surface area contributed by atoms with Crippen LogP contribution >= 0.6 is 11.6 Å². The van der Waals surface area contributed by atoms with Crippen LogP contribution in [0.1, 0.15) is 19.8 Å². The monoisotopic (exact) mass is 488 g/mol. The number of hydrogen-bond donors (Lipinski definition) is 0. The first-order valence-electron chi connectivity index (χ1n) is 10.9. The molecule has 5 rings (SSSR count). The Balaban J connectivity index is 1.30. The first-order valence-corrected chi connectivity index (χ1v) is 11.3. The molecule has 2 atom stereocenters. The number of aromatic nitrogens is 2. The van der Waals surface area contributed by atoms with Crippen molar-refractivity contribution in [2.75, 3.05) is 26.3 Å². The van der Waals surface area contributed by atoms with Crippen molar-refractivity contribution in [3.05, 3.63) is 46.8 Å². The number of carbonyl (C=O) groups is 1. The van der Waals surface area contributed by atoms with Gasteiger partial charge in [0.2, 0.25) is 5.82 Å². The lowest BCUT2D eigenvalue weighted by Gasteiger charge is -2.45. The van der Waals surface area contributed by atoms with Crippen LogP contribution in [0.2, 0.25) is 5.02 Å². The number of hydrogen-bond acceptors (Lipinski definition) is 7. The van der Waals surface area contributed by atoms with Crippen molar-refractivity contribution >= 4 is 23.4 Å². The minimum absolute atomic E-state index is 0.152. The highest BCUT2D eigenvalue weighted by Gasteiger charge is 2.47. The summed E-state index contributed by atoms with van der Waals surface area (Å²) in [6.45, 7) is 10.5. The molecular weight excluding hydrogens is 467 g/mol. The minimum atomic E-state index is -0.865. The Bertz CT molecular complexity index is 1140. The van der Waals surface area contributed by atoms with Crippen LogP contribution in [0.5, 0.6) is 17.5 Å². The Morgan fingerprint density at radius 1 is 1.26 bits per heavy atom. The number of nitrogens with zero attached hydrogens (tertiary/aromatic N) is 4. The van der Waals surface area contributed by atoms with Crippen LogP contribution < -0.4 is 9.47 Å². The van der Waals surface area contributed by atoms with E-state index in [0.29, 0.717) is 32.0 Å². The summed E-state index contributed by atoms with van der Waals surface area (Å²) in [6.07, 6.45) is 2.17. The van der Waals surface area contributed by atoms with Gasteiger partial charge in [-0.1, -0.05) is 17.7 Å². The molecule has 2 aliphatic heterocycles. The fourth-order valence-electron chi connectivity index (χ4n) is 4.16. The van der Waals surface area contributed by atoms with Gasteiger partial charge in [0.15, 0.2) is 5.69 Å². The molecule has 34 heavy (non-hydrogen) atoms. The molecule has 11 heteroatoms. The molecular formula is C23H22ClFN4O5. The molecule has 2 saturated heterocycles. The second kappa shape index (κ2) is 8.89. The van der Waals surface area contributed by atoms with Crippen molar-refractivity contribution in [3.8, 4) is 17.5 Å². The quantitative estimate of drug-likeness (QED) is 0.567. The van der Waals surface area contributed by atoms with E-state index in [0.717, 1.165) is 19.2 Å². The molecule has 0 N–H and O–H groups in total. The average molecular weight is 489 g/mol. The molecule has 1 aromatic heterocycles. The molecule has 9 nitrogen and oxygen atoms in total. The van der Waals surface area contributed by atoms with Crippen molar-refractivity contribution in [1.82, 2.24) is 14.9 Å². The highest BCUT2D eigenvalue weighted by molar-refractivity contribution is 6.32.